The third-order valence-corrected chi connectivity index (χ3v) is 5.06. The summed E-state index contributed by atoms with van der Waals surface area (Å²) < 4.78 is 5.42. The van der Waals surface area contributed by atoms with Crippen molar-refractivity contribution in [1.82, 2.24) is 9.97 Å². The number of nitrogens with one attached hydrogen (secondary N) is 2. The lowest BCUT2D eigenvalue weighted by molar-refractivity contribution is 0.185. The van der Waals surface area contributed by atoms with E-state index in [9.17, 15) is 0 Å². The maximum atomic E-state index is 5.42. The van der Waals surface area contributed by atoms with Gasteiger partial charge in [0.1, 0.15) is 10.6 Å². The zero-order chi connectivity index (χ0) is 14.7. The SMILES string of the molecule is CCc1cc2c(NCCC3CCOC3)nc(NC)nc2s1. The maximum Gasteiger partial charge on any atom is 0.225 e. The highest BCUT2D eigenvalue weighted by atomic mass is 32.1. The van der Waals surface area contributed by atoms with Gasteiger partial charge in [-0.2, -0.15) is 4.98 Å². The van der Waals surface area contributed by atoms with Crippen LogP contribution in [-0.2, 0) is 11.2 Å². The highest BCUT2D eigenvalue weighted by molar-refractivity contribution is 7.18. The molecule has 0 spiro atoms. The Kier molecular flexibility index (Phi) is 4.55. The second-order valence-corrected chi connectivity index (χ2v) is 6.49. The van der Waals surface area contributed by atoms with Crippen molar-refractivity contribution in [3.8, 4) is 0 Å². The summed E-state index contributed by atoms with van der Waals surface area (Å²) in [6, 6.07) is 2.21. The maximum absolute atomic E-state index is 5.42. The van der Waals surface area contributed by atoms with E-state index in [0.29, 0.717) is 11.9 Å². The molecule has 2 N–H and O–H groups in total. The first kappa shape index (κ1) is 14.5. The van der Waals surface area contributed by atoms with Gasteiger partial charge in [0.15, 0.2) is 0 Å². The molecule has 1 aliphatic rings. The number of thiophene rings is 1. The summed E-state index contributed by atoms with van der Waals surface area (Å²) in [5, 5.41) is 7.67. The van der Waals surface area contributed by atoms with Gasteiger partial charge in [0.25, 0.3) is 0 Å². The lowest BCUT2D eigenvalue weighted by Gasteiger charge is -2.11. The molecule has 2 aromatic heterocycles. The van der Waals surface area contributed by atoms with E-state index < -0.39 is 0 Å². The molecule has 0 bridgehead atoms. The van der Waals surface area contributed by atoms with E-state index in [1.54, 1.807) is 11.3 Å². The Labute approximate surface area is 129 Å². The van der Waals surface area contributed by atoms with Gasteiger partial charge in [0.05, 0.1) is 5.39 Å². The first-order chi connectivity index (χ1) is 10.3. The van der Waals surface area contributed by atoms with E-state index in [-0.39, 0.29) is 0 Å². The Hall–Kier alpha value is -1.40. The monoisotopic (exact) mass is 306 g/mol. The van der Waals surface area contributed by atoms with Gasteiger partial charge in [0.2, 0.25) is 5.95 Å². The van der Waals surface area contributed by atoms with E-state index >= 15 is 0 Å². The number of ether oxygens (including phenoxy) is 1. The standard InChI is InChI=1S/C15H22N4OS/c1-3-11-8-12-13(17-6-4-10-5-7-20-9-10)18-15(16-2)19-14(12)21-11/h8,10H,3-7,9H2,1-2H3,(H2,16,17,18,19). The fourth-order valence-electron chi connectivity index (χ4n) is 2.60. The molecule has 0 radical (unpaired) electrons. The smallest absolute Gasteiger partial charge is 0.225 e. The highest BCUT2D eigenvalue weighted by Gasteiger charge is 2.16. The first-order valence-electron chi connectivity index (χ1n) is 7.60. The highest BCUT2D eigenvalue weighted by Crippen LogP contribution is 2.30. The summed E-state index contributed by atoms with van der Waals surface area (Å²) in [6.07, 6.45) is 3.35. The average Bonchev–Trinajstić information content (AvgIpc) is 3.15. The lowest BCUT2D eigenvalue weighted by Crippen LogP contribution is -2.11. The minimum Gasteiger partial charge on any atom is -0.381 e. The normalized spacial score (nSPS) is 18.3. The molecule has 0 amide bonds. The van der Waals surface area contributed by atoms with Gasteiger partial charge in [-0.3, -0.25) is 0 Å². The second kappa shape index (κ2) is 6.58. The van der Waals surface area contributed by atoms with Crippen molar-refractivity contribution >= 4 is 33.3 Å². The van der Waals surface area contributed by atoms with Crippen molar-refractivity contribution in [2.24, 2.45) is 5.92 Å². The van der Waals surface area contributed by atoms with E-state index in [1.165, 1.54) is 11.3 Å². The summed E-state index contributed by atoms with van der Waals surface area (Å²) >= 11 is 1.75. The van der Waals surface area contributed by atoms with E-state index in [4.69, 9.17) is 4.74 Å². The Bertz CT molecular complexity index is 607. The third kappa shape index (κ3) is 3.27. The van der Waals surface area contributed by atoms with E-state index in [2.05, 4.69) is 33.6 Å². The zero-order valence-corrected chi connectivity index (χ0v) is 13.4. The molecule has 1 unspecified atom stereocenters. The molecular formula is C15H22N4OS. The number of rotatable bonds is 6. The molecule has 1 atom stereocenters. The van der Waals surface area contributed by atoms with Gasteiger partial charge >= 0.3 is 0 Å². The predicted octanol–water partition coefficient (Wildman–Crippen LogP) is 3.13. The summed E-state index contributed by atoms with van der Waals surface area (Å²) in [6.45, 7) is 4.92. The zero-order valence-electron chi connectivity index (χ0n) is 12.6. The topological polar surface area (TPSA) is 59.1 Å². The van der Waals surface area contributed by atoms with Gasteiger partial charge in [-0.05, 0) is 31.2 Å². The molecule has 114 valence electrons. The van der Waals surface area contributed by atoms with Crippen molar-refractivity contribution in [3.05, 3.63) is 10.9 Å². The molecule has 1 saturated heterocycles. The molecule has 3 rings (SSSR count). The van der Waals surface area contributed by atoms with Gasteiger partial charge in [-0.25, -0.2) is 4.98 Å². The number of aromatic nitrogens is 2. The second-order valence-electron chi connectivity index (χ2n) is 5.38. The fourth-order valence-corrected chi connectivity index (χ4v) is 3.56. The largest absolute Gasteiger partial charge is 0.381 e. The van der Waals surface area contributed by atoms with Crippen LogP contribution in [0.25, 0.3) is 10.2 Å². The summed E-state index contributed by atoms with van der Waals surface area (Å²) in [5.41, 5.74) is 0. The molecule has 3 heterocycles. The van der Waals surface area contributed by atoms with Crippen molar-refractivity contribution in [2.45, 2.75) is 26.2 Å². The minimum absolute atomic E-state index is 0.679. The molecular weight excluding hydrogens is 284 g/mol. The van der Waals surface area contributed by atoms with Crippen LogP contribution in [-0.4, -0.2) is 36.8 Å². The summed E-state index contributed by atoms with van der Waals surface area (Å²) in [4.78, 5) is 11.5. The summed E-state index contributed by atoms with van der Waals surface area (Å²) in [5.74, 6) is 2.31. The Morgan fingerprint density at radius 3 is 3.05 bits per heavy atom. The Balaban J connectivity index is 1.76. The molecule has 1 fully saturated rings. The van der Waals surface area contributed by atoms with Crippen LogP contribution in [0.15, 0.2) is 6.07 Å². The molecule has 0 aromatic carbocycles. The molecule has 0 aliphatic carbocycles. The number of aryl methyl sites for hydroxylation is 1. The quantitative estimate of drug-likeness (QED) is 0.858. The Morgan fingerprint density at radius 1 is 1.43 bits per heavy atom. The van der Waals surface area contributed by atoms with Gasteiger partial charge < -0.3 is 15.4 Å². The van der Waals surface area contributed by atoms with Gasteiger partial charge in [-0.1, -0.05) is 6.92 Å². The number of hydrogen-bond donors (Lipinski definition) is 2. The number of nitrogens with zero attached hydrogens (tertiary/aromatic N) is 2. The minimum atomic E-state index is 0.679. The predicted molar refractivity (Wildman–Crippen MR) is 88.4 cm³/mol. The van der Waals surface area contributed by atoms with Crippen molar-refractivity contribution in [2.75, 3.05) is 37.4 Å². The molecule has 1 aliphatic heterocycles. The lowest BCUT2D eigenvalue weighted by atomic mass is 10.1. The van der Waals surface area contributed by atoms with E-state index in [1.807, 2.05) is 7.05 Å². The molecule has 21 heavy (non-hydrogen) atoms. The molecule has 2 aromatic rings. The average molecular weight is 306 g/mol. The first-order valence-corrected chi connectivity index (χ1v) is 8.41. The fraction of sp³-hybridized carbons (Fsp3) is 0.600. The van der Waals surface area contributed by atoms with Crippen LogP contribution in [0.5, 0.6) is 0 Å². The number of fused-ring (bicyclic) bond motifs is 1. The Morgan fingerprint density at radius 2 is 2.33 bits per heavy atom. The third-order valence-electron chi connectivity index (χ3n) is 3.88. The number of hydrogen-bond acceptors (Lipinski definition) is 6. The van der Waals surface area contributed by atoms with Gasteiger partial charge in [0, 0.05) is 31.7 Å². The summed E-state index contributed by atoms with van der Waals surface area (Å²) in [7, 11) is 1.86. The molecule has 0 saturated carbocycles. The van der Waals surface area contributed by atoms with Crippen molar-refractivity contribution in [1.29, 1.82) is 0 Å². The molecule has 5 nitrogen and oxygen atoms in total. The van der Waals surface area contributed by atoms with Crippen LogP contribution >= 0.6 is 11.3 Å². The van der Waals surface area contributed by atoms with Crippen molar-refractivity contribution < 1.29 is 4.74 Å². The van der Waals surface area contributed by atoms with Crippen LogP contribution in [0.1, 0.15) is 24.6 Å². The van der Waals surface area contributed by atoms with Crippen LogP contribution in [0, 0.1) is 5.92 Å². The van der Waals surface area contributed by atoms with Crippen LogP contribution in [0.3, 0.4) is 0 Å². The van der Waals surface area contributed by atoms with Gasteiger partial charge in [-0.15, -0.1) is 11.3 Å². The molecule has 6 heteroatoms. The van der Waals surface area contributed by atoms with Crippen molar-refractivity contribution in [3.63, 3.8) is 0 Å². The van der Waals surface area contributed by atoms with Crippen LogP contribution in [0.2, 0.25) is 0 Å². The number of anilines is 2. The van der Waals surface area contributed by atoms with Crippen LogP contribution < -0.4 is 10.6 Å². The van der Waals surface area contributed by atoms with E-state index in [0.717, 1.165) is 48.6 Å². The van der Waals surface area contributed by atoms with Crippen LogP contribution in [0.4, 0.5) is 11.8 Å².